The number of pyridine rings is 1. The lowest BCUT2D eigenvalue weighted by atomic mass is 10.0. The molecule has 2 heterocycles. The Balaban J connectivity index is 1.77. The zero-order chi connectivity index (χ0) is 14.8. The van der Waals surface area contributed by atoms with E-state index in [1.54, 1.807) is 0 Å². The van der Waals surface area contributed by atoms with Crippen LogP contribution in [0.25, 0.3) is 22.0 Å². The summed E-state index contributed by atoms with van der Waals surface area (Å²) in [4.78, 5) is 4.23. The molecular weight excluding hydrogens is 268 g/mol. The third kappa shape index (κ3) is 2.29. The quantitative estimate of drug-likeness (QED) is 0.531. The summed E-state index contributed by atoms with van der Waals surface area (Å²) in [5, 5.41) is 2.60. The highest BCUT2D eigenvalue weighted by Gasteiger charge is 2.06. The fraction of sp³-hybridized carbons (Fsp3) is 0.0500. The summed E-state index contributed by atoms with van der Waals surface area (Å²) < 4.78 is 2.28. The zero-order valence-corrected chi connectivity index (χ0v) is 12.2. The maximum absolute atomic E-state index is 4.23. The molecule has 0 amide bonds. The van der Waals surface area contributed by atoms with E-state index in [0.29, 0.717) is 0 Å². The molecule has 4 aromatic rings. The molecule has 0 saturated carbocycles. The number of hydrogen-bond donors (Lipinski definition) is 0. The van der Waals surface area contributed by atoms with Crippen molar-refractivity contribution in [3.63, 3.8) is 0 Å². The molecule has 0 bridgehead atoms. The number of hydrogen-bond acceptors (Lipinski definition) is 1. The van der Waals surface area contributed by atoms with Crippen molar-refractivity contribution in [3.05, 3.63) is 90.9 Å². The molecule has 0 atom stereocenters. The molecule has 4 rings (SSSR count). The lowest BCUT2D eigenvalue weighted by Crippen LogP contribution is -2.01. The molecule has 2 aromatic heterocycles. The summed E-state index contributed by atoms with van der Waals surface area (Å²) in [5.41, 5.74) is 3.67. The molecule has 0 aliphatic rings. The molecule has 2 heteroatoms. The Bertz CT molecular complexity index is 902. The Kier molecular flexibility index (Phi) is 3.20. The Labute approximate surface area is 129 Å². The van der Waals surface area contributed by atoms with E-state index in [2.05, 4.69) is 76.4 Å². The minimum absolute atomic E-state index is 0.860. The second-order valence-electron chi connectivity index (χ2n) is 5.40. The van der Waals surface area contributed by atoms with Crippen LogP contribution in [0, 0.1) is 0 Å². The highest BCUT2D eigenvalue weighted by molar-refractivity contribution is 5.85. The van der Waals surface area contributed by atoms with E-state index in [1.165, 1.54) is 22.0 Å². The molecule has 2 nitrogen and oxygen atoms in total. The second-order valence-corrected chi connectivity index (χ2v) is 5.40. The van der Waals surface area contributed by atoms with Crippen LogP contribution in [0.4, 0.5) is 0 Å². The summed E-state index contributed by atoms with van der Waals surface area (Å²) in [6.07, 6.45) is 5.85. The first-order valence-corrected chi connectivity index (χ1v) is 7.44. The normalized spacial score (nSPS) is 10.9. The van der Waals surface area contributed by atoms with Crippen molar-refractivity contribution in [2.45, 2.75) is 6.54 Å². The highest BCUT2D eigenvalue weighted by atomic mass is 15.0. The first-order valence-electron chi connectivity index (χ1n) is 7.44. The molecule has 0 spiro atoms. The smallest absolute Gasteiger partial charge is 0.0499 e. The van der Waals surface area contributed by atoms with E-state index < -0.39 is 0 Å². The molecule has 22 heavy (non-hydrogen) atoms. The van der Waals surface area contributed by atoms with Crippen molar-refractivity contribution in [3.8, 4) is 11.3 Å². The minimum atomic E-state index is 0.860. The highest BCUT2D eigenvalue weighted by Crippen LogP contribution is 2.23. The number of benzene rings is 2. The maximum atomic E-state index is 4.23. The molecule has 106 valence electrons. The second kappa shape index (κ2) is 5.49. The van der Waals surface area contributed by atoms with Crippen LogP contribution in [0.15, 0.2) is 85.3 Å². The third-order valence-electron chi connectivity index (χ3n) is 4.01. The molecule has 0 saturated heterocycles. The van der Waals surface area contributed by atoms with Crippen molar-refractivity contribution >= 4 is 10.8 Å². The SMILES string of the molecule is c1cncc(-c2cccn2Cc2cccc3ccccc23)c1. The summed E-state index contributed by atoms with van der Waals surface area (Å²) in [7, 11) is 0. The largest absolute Gasteiger partial charge is 0.343 e. The molecule has 0 aliphatic carbocycles. The van der Waals surface area contributed by atoms with E-state index in [-0.39, 0.29) is 0 Å². The van der Waals surface area contributed by atoms with Crippen LogP contribution in [0.3, 0.4) is 0 Å². The molecule has 0 unspecified atom stereocenters. The summed E-state index contributed by atoms with van der Waals surface area (Å²) in [6, 6.07) is 23.3. The number of nitrogens with zero attached hydrogens (tertiary/aromatic N) is 2. The Hall–Kier alpha value is -2.87. The lowest BCUT2D eigenvalue weighted by Gasteiger charge is -2.11. The van der Waals surface area contributed by atoms with E-state index in [0.717, 1.165) is 12.1 Å². The van der Waals surface area contributed by atoms with Gasteiger partial charge in [0, 0.05) is 36.4 Å². The van der Waals surface area contributed by atoms with Gasteiger partial charge in [0.25, 0.3) is 0 Å². The Morgan fingerprint density at radius 2 is 1.73 bits per heavy atom. The number of rotatable bonds is 3. The van der Waals surface area contributed by atoms with Gasteiger partial charge in [0.2, 0.25) is 0 Å². The summed E-state index contributed by atoms with van der Waals surface area (Å²) >= 11 is 0. The van der Waals surface area contributed by atoms with E-state index in [9.17, 15) is 0 Å². The zero-order valence-electron chi connectivity index (χ0n) is 12.2. The number of aromatic nitrogens is 2. The fourth-order valence-electron chi connectivity index (χ4n) is 2.94. The number of fused-ring (bicyclic) bond motifs is 1. The van der Waals surface area contributed by atoms with Crippen LogP contribution in [-0.4, -0.2) is 9.55 Å². The minimum Gasteiger partial charge on any atom is -0.343 e. The van der Waals surface area contributed by atoms with Crippen molar-refractivity contribution in [1.29, 1.82) is 0 Å². The van der Waals surface area contributed by atoms with E-state index in [4.69, 9.17) is 0 Å². The molecular formula is C20H16N2. The molecule has 0 radical (unpaired) electrons. The topological polar surface area (TPSA) is 17.8 Å². The van der Waals surface area contributed by atoms with Gasteiger partial charge in [0.1, 0.15) is 0 Å². The van der Waals surface area contributed by atoms with Crippen molar-refractivity contribution in [1.82, 2.24) is 9.55 Å². The van der Waals surface area contributed by atoms with Gasteiger partial charge in [-0.1, -0.05) is 42.5 Å². The third-order valence-corrected chi connectivity index (χ3v) is 4.01. The predicted octanol–water partition coefficient (Wildman–Crippen LogP) is 4.75. The summed E-state index contributed by atoms with van der Waals surface area (Å²) in [6.45, 7) is 0.860. The van der Waals surface area contributed by atoms with Crippen molar-refractivity contribution in [2.75, 3.05) is 0 Å². The first-order chi connectivity index (χ1) is 10.9. The van der Waals surface area contributed by atoms with Crippen LogP contribution in [0.1, 0.15) is 5.56 Å². The van der Waals surface area contributed by atoms with Crippen LogP contribution in [0.2, 0.25) is 0 Å². The molecule has 2 aromatic carbocycles. The summed E-state index contributed by atoms with van der Waals surface area (Å²) in [5.74, 6) is 0. The van der Waals surface area contributed by atoms with E-state index >= 15 is 0 Å². The van der Waals surface area contributed by atoms with Gasteiger partial charge in [0.05, 0.1) is 0 Å². The molecule has 0 fully saturated rings. The fourth-order valence-corrected chi connectivity index (χ4v) is 2.94. The van der Waals surface area contributed by atoms with Gasteiger partial charge in [-0.15, -0.1) is 0 Å². The first kappa shape index (κ1) is 12.8. The van der Waals surface area contributed by atoms with Gasteiger partial charge < -0.3 is 4.57 Å². The average Bonchev–Trinajstić information content (AvgIpc) is 3.04. The standard InChI is InChI=1S/C20H16N2/c1-2-10-19-16(6-1)7-3-8-18(19)15-22-13-5-11-20(22)17-9-4-12-21-14-17/h1-14H,15H2. The Morgan fingerprint density at radius 3 is 2.64 bits per heavy atom. The predicted molar refractivity (Wildman–Crippen MR) is 90.7 cm³/mol. The van der Waals surface area contributed by atoms with Gasteiger partial charge in [-0.05, 0) is 40.6 Å². The van der Waals surface area contributed by atoms with Crippen molar-refractivity contribution < 1.29 is 0 Å². The van der Waals surface area contributed by atoms with Crippen LogP contribution in [0.5, 0.6) is 0 Å². The lowest BCUT2D eigenvalue weighted by molar-refractivity contribution is 0.819. The van der Waals surface area contributed by atoms with Gasteiger partial charge in [-0.3, -0.25) is 4.98 Å². The van der Waals surface area contributed by atoms with Gasteiger partial charge in [-0.25, -0.2) is 0 Å². The molecule has 0 N–H and O–H groups in total. The average molecular weight is 284 g/mol. The molecule has 0 aliphatic heterocycles. The van der Waals surface area contributed by atoms with Gasteiger partial charge >= 0.3 is 0 Å². The Morgan fingerprint density at radius 1 is 0.818 bits per heavy atom. The van der Waals surface area contributed by atoms with Crippen LogP contribution in [-0.2, 0) is 6.54 Å². The van der Waals surface area contributed by atoms with Crippen LogP contribution >= 0.6 is 0 Å². The van der Waals surface area contributed by atoms with Gasteiger partial charge in [0.15, 0.2) is 0 Å². The van der Waals surface area contributed by atoms with Crippen LogP contribution < -0.4 is 0 Å². The monoisotopic (exact) mass is 284 g/mol. The van der Waals surface area contributed by atoms with E-state index in [1.807, 2.05) is 18.5 Å². The van der Waals surface area contributed by atoms with Crippen molar-refractivity contribution in [2.24, 2.45) is 0 Å². The maximum Gasteiger partial charge on any atom is 0.0499 e. The van der Waals surface area contributed by atoms with Gasteiger partial charge in [-0.2, -0.15) is 0 Å².